The van der Waals surface area contributed by atoms with Crippen LogP contribution in [0.3, 0.4) is 0 Å². The highest BCUT2D eigenvalue weighted by Crippen LogP contribution is 2.60. The minimum atomic E-state index is -0.0133. The Bertz CT molecular complexity index is 1230. The average molecular weight is 529 g/mol. The molecule has 182 valence electrons. The third-order valence-corrected chi connectivity index (χ3v) is 9.29. The molecule has 35 heavy (non-hydrogen) atoms. The molecule has 4 fully saturated rings. The first-order chi connectivity index (χ1) is 17.0. The number of aromatic nitrogens is 2. The Morgan fingerprint density at radius 3 is 2.49 bits per heavy atom. The Hall–Kier alpha value is -2.02. The van der Waals surface area contributed by atoms with E-state index in [1.165, 1.54) is 55.9 Å². The smallest absolute Gasteiger partial charge is 0.276 e. The first-order valence-electron chi connectivity index (χ1n) is 12.3. The molecule has 1 aromatic heterocycles. The SMILES string of the molecule is O=C(CCSc1nnc(-c2ccc(Cl)cc2Cl)o1)Nc1cccc(C23CC4CC(CC(C4)C2)C3)c1. The lowest BCUT2D eigenvalue weighted by molar-refractivity contribution is -0.115. The van der Waals surface area contributed by atoms with Crippen LogP contribution in [0.5, 0.6) is 0 Å². The van der Waals surface area contributed by atoms with E-state index in [1.54, 1.807) is 18.2 Å². The number of carbonyl (C=O) groups is 1. The topological polar surface area (TPSA) is 68.0 Å². The Balaban J connectivity index is 1.05. The summed E-state index contributed by atoms with van der Waals surface area (Å²) < 4.78 is 5.70. The van der Waals surface area contributed by atoms with Gasteiger partial charge in [0.15, 0.2) is 0 Å². The number of amides is 1. The summed E-state index contributed by atoms with van der Waals surface area (Å²) in [5.41, 5.74) is 3.27. The lowest BCUT2D eigenvalue weighted by atomic mass is 9.48. The molecule has 4 aliphatic carbocycles. The molecule has 0 spiro atoms. The highest BCUT2D eigenvalue weighted by molar-refractivity contribution is 7.99. The van der Waals surface area contributed by atoms with Crippen LogP contribution in [-0.2, 0) is 10.2 Å². The maximum atomic E-state index is 12.6. The van der Waals surface area contributed by atoms with Gasteiger partial charge in [0.25, 0.3) is 5.22 Å². The second-order valence-electron chi connectivity index (χ2n) is 10.4. The number of anilines is 1. The highest BCUT2D eigenvalue weighted by Gasteiger charge is 2.51. The maximum absolute atomic E-state index is 12.6. The normalized spacial score (nSPS) is 26.7. The van der Waals surface area contributed by atoms with Gasteiger partial charge in [-0.05, 0) is 97.6 Å². The summed E-state index contributed by atoms with van der Waals surface area (Å²) in [5.74, 6) is 3.56. The van der Waals surface area contributed by atoms with Crippen molar-refractivity contribution in [3.05, 3.63) is 58.1 Å². The van der Waals surface area contributed by atoms with E-state index in [1.807, 2.05) is 6.07 Å². The minimum absolute atomic E-state index is 0.0133. The van der Waals surface area contributed by atoms with Crippen LogP contribution >= 0.6 is 35.0 Å². The number of rotatable bonds is 7. The molecule has 7 rings (SSSR count). The standard InChI is InChI=1S/C27H27Cl2N3O2S/c28-20-4-5-22(23(29)12-20)25-31-32-26(34-25)35-7-6-24(33)30-21-3-1-2-19(11-21)27-13-16-8-17(14-27)10-18(9-16)15-27/h1-5,11-12,16-18H,6-10,13-15H2,(H,30,33). The Morgan fingerprint density at radius 2 is 1.77 bits per heavy atom. The van der Waals surface area contributed by atoms with Gasteiger partial charge in [0.05, 0.1) is 10.6 Å². The zero-order chi connectivity index (χ0) is 24.0. The Labute approximate surface area is 219 Å². The van der Waals surface area contributed by atoms with Gasteiger partial charge in [0.1, 0.15) is 0 Å². The van der Waals surface area contributed by atoms with Crippen LogP contribution in [0.15, 0.2) is 52.1 Å². The molecule has 4 aliphatic rings. The molecule has 0 radical (unpaired) electrons. The van der Waals surface area contributed by atoms with Crippen molar-refractivity contribution in [1.29, 1.82) is 0 Å². The predicted octanol–water partition coefficient (Wildman–Crippen LogP) is 7.63. The zero-order valence-corrected chi connectivity index (χ0v) is 21.6. The summed E-state index contributed by atoms with van der Waals surface area (Å²) in [5, 5.41) is 12.6. The largest absolute Gasteiger partial charge is 0.411 e. The van der Waals surface area contributed by atoms with Gasteiger partial charge >= 0.3 is 0 Å². The van der Waals surface area contributed by atoms with E-state index in [4.69, 9.17) is 27.6 Å². The van der Waals surface area contributed by atoms with E-state index in [0.29, 0.717) is 44.3 Å². The average Bonchev–Trinajstić information content (AvgIpc) is 3.27. The lowest BCUT2D eigenvalue weighted by Gasteiger charge is -2.57. The van der Waals surface area contributed by atoms with Gasteiger partial charge in [0.2, 0.25) is 11.8 Å². The molecule has 1 N–H and O–H groups in total. The summed E-state index contributed by atoms with van der Waals surface area (Å²) in [4.78, 5) is 12.6. The van der Waals surface area contributed by atoms with Crippen molar-refractivity contribution >= 4 is 46.6 Å². The zero-order valence-electron chi connectivity index (χ0n) is 19.3. The summed E-state index contributed by atoms with van der Waals surface area (Å²) in [7, 11) is 0. The number of nitrogens with zero attached hydrogens (tertiary/aromatic N) is 2. The van der Waals surface area contributed by atoms with Crippen LogP contribution in [-0.4, -0.2) is 21.9 Å². The molecule has 1 amide bonds. The molecule has 3 aromatic rings. The van der Waals surface area contributed by atoms with Crippen LogP contribution in [0.2, 0.25) is 10.0 Å². The second-order valence-corrected chi connectivity index (χ2v) is 12.3. The molecule has 2 aromatic carbocycles. The first kappa shape index (κ1) is 23.4. The molecule has 0 saturated heterocycles. The summed E-state index contributed by atoms with van der Waals surface area (Å²) in [6.07, 6.45) is 8.61. The first-order valence-corrected chi connectivity index (χ1v) is 14.0. The Morgan fingerprint density at radius 1 is 1.03 bits per heavy atom. The van der Waals surface area contributed by atoms with Gasteiger partial charge in [-0.1, -0.05) is 47.1 Å². The third-order valence-electron chi connectivity index (χ3n) is 7.92. The van der Waals surface area contributed by atoms with Crippen molar-refractivity contribution in [2.45, 2.75) is 55.6 Å². The summed E-state index contributed by atoms with van der Waals surface area (Å²) in [6, 6.07) is 13.7. The van der Waals surface area contributed by atoms with Crippen molar-refractivity contribution in [3.8, 4) is 11.5 Å². The molecular formula is C27H27Cl2N3O2S. The van der Waals surface area contributed by atoms with Crippen molar-refractivity contribution in [2.24, 2.45) is 17.8 Å². The summed E-state index contributed by atoms with van der Waals surface area (Å²) >= 11 is 13.5. The van der Waals surface area contributed by atoms with E-state index >= 15 is 0 Å². The van der Waals surface area contributed by atoms with Gasteiger partial charge in [-0.15, -0.1) is 10.2 Å². The van der Waals surface area contributed by atoms with E-state index in [-0.39, 0.29) is 5.91 Å². The van der Waals surface area contributed by atoms with Crippen molar-refractivity contribution < 1.29 is 9.21 Å². The van der Waals surface area contributed by atoms with Gasteiger partial charge in [-0.2, -0.15) is 0 Å². The highest BCUT2D eigenvalue weighted by atomic mass is 35.5. The van der Waals surface area contributed by atoms with E-state index in [2.05, 4.69) is 33.7 Å². The molecular weight excluding hydrogens is 501 g/mol. The number of hydrogen-bond acceptors (Lipinski definition) is 5. The predicted molar refractivity (Wildman–Crippen MR) is 140 cm³/mol. The molecule has 0 aliphatic heterocycles. The van der Waals surface area contributed by atoms with Crippen molar-refractivity contribution in [2.75, 3.05) is 11.1 Å². The number of halogens is 2. The molecule has 5 nitrogen and oxygen atoms in total. The number of hydrogen-bond donors (Lipinski definition) is 1. The quantitative estimate of drug-likeness (QED) is 0.319. The summed E-state index contributed by atoms with van der Waals surface area (Å²) in [6.45, 7) is 0. The minimum Gasteiger partial charge on any atom is -0.411 e. The monoisotopic (exact) mass is 527 g/mol. The van der Waals surface area contributed by atoms with Crippen LogP contribution in [0.4, 0.5) is 5.69 Å². The van der Waals surface area contributed by atoms with Gasteiger partial charge < -0.3 is 9.73 Å². The molecule has 8 heteroatoms. The fourth-order valence-corrected chi connectivity index (χ4v) is 8.07. The van der Waals surface area contributed by atoms with E-state index < -0.39 is 0 Å². The van der Waals surface area contributed by atoms with Crippen LogP contribution in [0, 0.1) is 17.8 Å². The second kappa shape index (κ2) is 9.45. The van der Waals surface area contributed by atoms with Crippen LogP contribution in [0.25, 0.3) is 11.5 Å². The molecule has 0 atom stereocenters. The fraction of sp³-hybridized carbons (Fsp3) is 0.444. The lowest BCUT2D eigenvalue weighted by Crippen LogP contribution is -2.48. The van der Waals surface area contributed by atoms with Crippen molar-refractivity contribution in [3.63, 3.8) is 0 Å². The molecule has 0 unspecified atom stereocenters. The molecule has 4 saturated carbocycles. The number of nitrogens with one attached hydrogen (secondary N) is 1. The van der Waals surface area contributed by atoms with Gasteiger partial charge in [-0.3, -0.25) is 4.79 Å². The number of thioether (sulfide) groups is 1. The van der Waals surface area contributed by atoms with Gasteiger partial charge in [-0.25, -0.2) is 0 Å². The Kier molecular flexibility index (Phi) is 6.32. The number of carbonyl (C=O) groups excluding carboxylic acids is 1. The maximum Gasteiger partial charge on any atom is 0.276 e. The fourth-order valence-electron chi connectivity index (χ4n) is 6.89. The molecule has 4 bridgehead atoms. The van der Waals surface area contributed by atoms with Crippen LogP contribution in [0.1, 0.15) is 50.5 Å². The third kappa shape index (κ3) is 4.85. The van der Waals surface area contributed by atoms with Gasteiger partial charge in [0, 0.05) is 22.9 Å². The number of benzene rings is 2. The molecule has 1 heterocycles. The van der Waals surface area contributed by atoms with E-state index in [0.717, 1.165) is 23.4 Å². The van der Waals surface area contributed by atoms with Crippen molar-refractivity contribution in [1.82, 2.24) is 10.2 Å². The van der Waals surface area contributed by atoms with E-state index in [9.17, 15) is 4.79 Å². The van der Waals surface area contributed by atoms with Crippen LogP contribution < -0.4 is 5.32 Å².